The summed E-state index contributed by atoms with van der Waals surface area (Å²) in [5.41, 5.74) is 0. The van der Waals surface area contributed by atoms with Gasteiger partial charge in [0.15, 0.2) is 6.29 Å². The number of carbonyl (C=O) groups is 1. The molecule has 0 radical (unpaired) electrons. The lowest BCUT2D eigenvalue weighted by atomic mass is 9.99. The predicted octanol–water partition coefficient (Wildman–Crippen LogP) is 13.6. The van der Waals surface area contributed by atoms with Gasteiger partial charge in [-0.2, -0.15) is 8.42 Å². The van der Waals surface area contributed by atoms with E-state index in [0.29, 0.717) is 13.0 Å². The maximum absolute atomic E-state index is 12.9. The number of aliphatic hydroxyl groups is 3. The molecule has 1 aliphatic heterocycles. The summed E-state index contributed by atoms with van der Waals surface area (Å²) in [7, 11) is -5.06. The van der Waals surface area contributed by atoms with E-state index in [9.17, 15) is 33.1 Å². The van der Waals surface area contributed by atoms with Gasteiger partial charge < -0.3 is 34.3 Å². The second-order valence-corrected chi connectivity index (χ2v) is 20.9. The van der Waals surface area contributed by atoms with Crippen LogP contribution in [0.25, 0.3) is 0 Å². The van der Waals surface area contributed by atoms with Crippen molar-refractivity contribution < 1.29 is 56.2 Å². The maximum Gasteiger partial charge on any atom is 0.397 e. The molecule has 0 aromatic rings. The first-order valence-corrected chi connectivity index (χ1v) is 29.7. The number of hydrogen-bond acceptors (Lipinski definition) is 11. The quantitative estimate of drug-likeness (QED) is 0.0258. The third kappa shape index (κ3) is 39.4. The highest BCUT2D eigenvalue weighted by molar-refractivity contribution is 7.80. The van der Waals surface area contributed by atoms with Crippen LogP contribution in [0.3, 0.4) is 0 Å². The van der Waals surface area contributed by atoms with Gasteiger partial charge in [-0.05, 0) is 12.8 Å². The van der Waals surface area contributed by atoms with Crippen molar-refractivity contribution >= 4 is 16.4 Å². The summed E-state index contributed by atoms with van der Waals surface area (Å²) in [5.74, 6) is -0.389. The molecular weight excluding hydrogens is 873 g/mol. The fourth-order valence-electron chi connectivity index (χ4n) is 9.21. The van der Waals surface area contributed by atoms with E-state index in [1.807, 2.05) is 0 Å². The molecule has 1 aliphatic rings. The van der Waals surface area contributed by atoms with Crippen LogP contribution in [0, 0.1) is 0 Å². The summed E-state index contributed by atoms with van der Waals surface area (Å²) in [4.78, 5) is 12.9. The average Bonchev–Trinajstić information content (AvgIpc) is 3.30. The van der Waals surface area contributed by atoms with E-state index in [2.05, 4.69) is 18.0 Å². The Labute approximate surface area is 411 Å². The minimum atomic E-state index is -5.06. The molecule has 6 atom stereocenters. The zero-order valence-corrected chi connectivity index (χ0v) is 44.1. The van der Waals surface area contributed by atoms with Gasteiger partial charge in [0.1, 0.15) is 30.5 Å². The Morgan fingerprint density at radius 3 is 1.19 bits per heavy atom. The van der Waals surface area contributed by atoms with E-state index in [4.69, 9.17) is 18.9 Å². The Morgan fingerprint density at radius 1 is 0.507 bits per heavy atom. The number of esters is 1. The Bertz CT molecular complexity index is 1180. The first kappa shape index (κ1) is 64.1. The number of aliphatic hydroxyl groups excluding tert-OH is 3. The normalized spacial score (nSPS) is 19.3. The first-order valence-electron chi connectivity index (χ1n) is 28.3. The zero-order valence-electron chi connectivity index (χ0n) is 43.2. The summed E-state index contributed by atoms with van der Waals surface area (Å²) >= 11 is 0. The number of unbranched alkanes of at least 4 members (excludes halogenated alkanes) is 38. The maximum atomic E-state index is 12.9. The molecule has 0 amide bonds. The number of ether oxygens (including phenoxy) is 4. The van der Waals surface area contributed by atoms with Gasteiger partial charge in [-0.15, -0.1) is 0 Å². The van der Waals surface area contributed by atoms with E-state index in [0.717, 1.165) is 38.5 Å². The van der Waals surface area contributed by atoms with E-state index < -0.39 is 53.8 Å². The summed E-state index contributed by atoms with van der Waals surface area (Å²) < 4.78 is 59.4. The fraction of sp³-hybridized carbons (Fsp3) is 0.981. The molecule has 0 saturated carbocycles. The van der Waals surface area contributed by atoms with Gasteiger partial charge in [-0.1, -0.05) is 258 Å². The van der Waals surface area contributed by atoms with Crippen molar-refractivity contribution in [3.8, 4) is 0 Å². The third-order valence-corrected chi connectivity index (χ3v) is 13.9. The second kappa shape index (κ2) is 46.2. The molecule has 0 aromatic carbocycles. The van der Waals surface area contributed by atoms with Crippen molar-refractivity contribution in [2.75, 3.05) is 26.4 Å². The Hall–Kier alpha value is -0.900. The summed E-state index contributed by atoms with van der Waals surface area (Å²) in [6, 6.07) is 0. The molecule has 1 rings (SSSR count). The van der Waals surface area contributed by atoms with Gasteiger partial charge in [0.05, 0.1) is 19.8 Å². The Morgan fingerprint density at radius 2 is 0.851 bits per heavy atom. The summed E-state index contributed by atoms with van der Waals surface area (Å²) in [6.45, 7) is 4.07. The topological polar surface area (TPSA) is 178 Å². The molecule has 12 nitrogen and oxygen atoms in total. The van der Waals surface area contributed by atoms with Crippen LogP contribution in [0.5, 0.6) is 0 Å². The highest BCUT2D eigenvalue weighted by Crippen LogP contribution is 2.26. The van der Waals surface area contributed by atoms with Crippen LogP contribution in [0.15, 0.2) is 0 Å². The lowest BCUT2D eigenvalue weighted by Gasteiger charge is -2.41. The molecule has 0 aliphatic carbocycles. The van der Waals surface area contributed by atoms with Gasteiger partial charge >= 0.3 is 16.4 Å². The van der Waals surface area contributed by atoms with Crippen molar-refractivity contribution in [3.63, 3.8) is 0 Å². The molecule has 6 unspecified atom stereocenters. The minimum Gasteiger partial charge on any atom is -0.457 e. The Balaban J connectivity index is 2.29. The SMILES string of the molecule is CCCCCCCCCCCCCCCCCCCCCCCCC(=O)OC(COCCCCCCCCCCCCCCCCCCCC)COC1OC(CO)C(O)C(OS(=O)(=O)O)C1O. The molecule has 67 heavy (non-hydrogen) atoms. The van der Waals surface area contributed by atoms with Crippen LogP contribution < -0.4 is 0 Å². The largest absolute Gasteiger partial charge is 0.457 e. The Kier molecular flexibility index (Phi) is 44.2. The minimum absolute atomic E-state index is 0.0455. The van der Waals surface area contributed by atoms with Gasteiger partial charge in [0.2, 0.25) is 0 Å². The van der Waals surface area contributed by atoms with Gasteiger partial charge in [-0.25, -0.2) is 4.18 Å². The molecular formula is C54H106O12S. The third-order valence-electron chi connectivity index (χ3n) is 13.5. The van der Waals surface area contributed by atoms with Crippen molar-refractivity contribution in [2.24, 2.45) is 0 Å². The monoisotopic (exact) mass is 979 g/mol. The average molecular weight is 979 g/mol. The van der Waals surface area contributed by atoms with Crippen LogP contribution in [0.1, 0.15) is 277 Å². The molecule has 1 fully saturated rings. The predicted molar refractivity (Wildman–Crippen MR) is 271 cm³/mol. The highest BCUT2D eigenvalue weighted by Gasteiger charge is 2.48. The van der Waals surface area contributed by atoms with Crippen LogP contribution >= 0.6 is 0 Å². The molecule has 400 valence electrons. The molecule has 0 aromatic heterocycles. The molecule has 1 heterocycles. The van der Waals surface area contributed by atoms with Crippen molar-refractivity contribution in [2.45, 2.75) is 314 Å². The molecule has 13 heteroatoms. The fourth-order valence-corrected chi connectivity index (χ4v) is 9.72. The van der Waals surface area contributed by atoms with Crippen molar-refractivity contribution in [1.29, 1.82) is 0 Å². The van der Waals surface area contributed by atoms with Crippen LogP contribution in [0.4, 0.5) is 0 Å². The van der Waals surface area contributed by atoms with Crippen molar-refractivity contribution in [3.05, 3.63) is 0 Å². The van der Waals surface area contributed by atoms with Crippen LogP contribution in [0.2, 0.25) is 0 Å². The molecule has 4 N–H and O–H groups in total. The van der Waals surface area contributed by atoms with E-state index in [1.165, 1.54) is 212 Å². The van der Waals surface area contributed by atoms with E-state index in [-0.39, 0.29) is 25.6 Å². The number of carbonyl (C=O) groups excluding carboxylic acids is 1. The lowest BCUT2D eigenvalue weighted by Crippen LogP contribution is -2.60. The first-order chi connectivity index (χ1) is 32.6. The molecule has 0 bridgehead atoms. The lowest BCUT2D eigenvalue weighted by molar-refractivity contribution is -0.301. The van der Waals surface area contributed by atoms with E-state index in [1.54, 1.807) is 0 Å². The van der Waals surface area contributed by atoms with Crippen LogP contribution in [-0.4, -0.2) is 97.5 Å². The van der Waals surface area contributed by atoms with Gasteiger partial charge in [0, 0.05) is 13.0 Å². The van der Waals surface area contributed by atoms with Gasteiger partial charge in [0.25, 0.3) is 0 Å². The second-order valence-electron chi connectivity index (χ2n) is 19.9. The summed E-state index contributed by atoms with van der Waals surface area (Å²) in [5, 5.41) is 30.8. The smallest absolute Gasteiger partial charge is 0.397 e. The highest BCUT2D eigenvalue weighted by atomic mass is 32.3. The van der Waals surface area contributed by atoms with Crippen LogP contribution in [-0.2, 0) is 38.3 Å². The molecule has 0 spiro atoms. The van der Waals surface area contributed by atoms with E-state index >= 15 is 0 Å². The zero-order chi connectivity index (χ0) is 48.9. The van der Waals surface area contributed by atoms with Crippen molar-refractivity contribution in [1.82, 2.24) is 0 Å². The summed E-state index contributed by atoms with van der Waals surface area (Å²) in [6.07, 6.45) is 42.8. The number of hydrogen-bond donors (Lipinski definition) is 4. The standard InChI is InChI=1S/C54H106O12S/c1-3-5-7-9-11-13-15-17-19-21-23-24-25-26-27-29-31-33-35-37-39-41-43-50(56)64-48(47-63-54-52(58)53(66-67(59,60)61)51(57)49(45-55)65-54)46-62-44-42-40-38-36-34-32-30-28-22-20-18-16-14-12-10-8-6-4-2/h48-49,51-55,57-58H,3-47H2,1-2H3,(H,59,60,61). The molecule has 1 saturated heterocycles. The number of rotatable bonds is 51. The van der Waals surface area contributed by atoms with Gasteiger partial charge in [-0.3, -0.25) is 9.35 Å².